The van der Waals surface area contributed by atoms with Crippen molar-refractivity contribution < 1.29 is 9.13 Å². The lowest BCUT2D eigenvalue weighted by Crippen LogP contribution is -2.43. The summed E-state index contributed by atoms with van der Waals surface area (Å²) >= 11 is 0. The highest BCUT2D eigenvalue weighted by atomic mass is 19.1. The molecule has 0 radical (unpaired) electrons. The van der Waals surface area contributed by atoms with Gasteiger partial charge in [0.05, 0.1) is 17.0 Å². The molecule has 1 heterocycles. The van der Waals surface area contributed by atoms with Crippen molar-refractivity contribution in [3.63, 3.8) is 0 Å². The molecule has 4 heteroatoms. The van der Waals surface area contributed by atoms with Gasteiger partial charge in [0.2, 0.25) is 0 Å². The van der Waals surface area contributed by atoms with Gasteiger partial charge in [-0.2, -0.15) is 0 Å². The predicted octanol–water partition coefficient (Wildman–Crippen LogP) is 3.56. The Balaban J connectivity index is 2.08. The summed E-state index contributed by atoms with van der Waals surface area (Å²) in [7, 11) is 0. The molecule has 3 N–H and O–H groups in total. The average molecular weight is 266 g/mol. The van der Waals surface area contributed by atoms with Gasteiger partial charge in [-0.3, -0.25) is 0 Å². The third-order valence-electron chi connectivity index (χ3n) is 4.16. The molecule has 1 atom stereocenters. The van der Waals surface area contributed by atoms with Crippen LogP contribution in [0.25, 0.3) is 0 Å². The molecule has 1 aromatic carbocycles. The molecule has 106 valence electrons. The maximum absolute atomic E-state index is 13.3. The molecule has 1 fully saturated rings. The fourth-order valence-corrected chi connectivity index (χ4v) is 2.77. The van der Waals surface area contributed by atoms with Crippen molar-refractivity contribution in [3.05, 3.63) is 24.0 Å². The first-order chi connectivity index (χ1) is 9.08. The van der Waals surface area contributed by atoms with Gasteiger partial charge >= 0.3 is 0 Å². The largest absolute Gasteiger partial charge is 0.397 e. The zero-order valence-electron chi connectivity index (χ0n) is 11.7. The fraction of sp³-hybridized carbons (Fsp3) is 0.600. The quantitative estimate of drug-likeness (QED) is 0.819. The third kappa shape index (κ3) is 3.18. The van der Waals surface area contributed by atoms with Crippen LogP contribution in [0.3, 0.4) is 0 Å². The number of hydrogen-bond donors (Lipinski definition) is 2. The Bertz CT molecular complexity index is 432. The van der Waals surface area contributed by atoms with E-state index in [1.165, 1.54) is 12.1 Å². The first kappa shape index (κ1) is 14.1. The van der Waals surface area contributed by atoms with Crippen LogP contribution in [-0.2, 0) is 4.74 Å². The van der Waals surface area contributed by atoms with Crippen LogP contribution in [0.5, 0.6) is 0 Å². The molecule has 0 saturated carbocycles. The summed E-state index contributed by atoms with van der Waals surface area (Å²) in [5.41, 5.74) is 7.11. The minimum atomic E-state index is -0.263. The van der Waals surface area contributed by atoms with Gasteiger partial charge in [-0.05, 0) is 43.9 Å². The van der Waals surface area contributed by atoms with Crippen LogP contribution in [0, 0.1) is 5.82 Å². The van der Waals surface area contributed by atoms with Crippen LogP contribution >= 0.6 is 0 Å². The molecule has 0 amide bonds. The van der Waals surface area contributed by atoms with E-state index in [4.69, 9.17) is 10.5 Å². The van der Waals surface area contributed by atoms with Crippen LogP contribution in [0.4, 0.5) is 15.8 Å². The van der Waals surface area contributed by atoms with Crippen LogP contribution < -0.4 is 11.1 Å². The van der Waals surface area contributed by atoms with Gasteiger partial charge in [0.25, 0.3) is 0 Å². The van der Waals surface area contributed by atoms with Crippen LogP contribution in [0.2, 0.25) is 0 Å². The van der Waals surface area contributed by atoms with Gasteiger partial charge in [-0.15, -0.1) is 0 Å². The minimum absolute atomic E-state index is 0.0436. The van der Waals surface area contributed by atoms with Crippen molar-refractivity contribution in [1.82, 2.24) is 0 Å². The number of anilines is 2. The number of benzene rings is 1. The van der Waals surface area contributed by atoms with E-state index in [-0.39, 0.29) is 17.5 Å². The smallest absolute Gasteiger partial charge is 0.125 e. The molecule has 0 aromatic heterocycles. The van der Waals surface area contributed by atoms with Crippen molar-refractivity contribution in [3.8, 4) is 0 Å². The highest BCUT2D eigenvalue weighted by Gasteiger charge is 2.34. The van der Waals surface area contributed by atoms with E-state index >= 15 is 0 Å². The lowest BCUT2D eigenvalue weighted by atomic mass is 9.86. The Morgan fingerprint density at radius 1 is 1.42 bits per heavy atom. The number of nitrogens with one attached hydrogen (secondary N) is 1. The fourth-order valence-electron chi connectivity index (χ4n) is 2.77. The van der Waals surface area contributed by atoms with Gasteiger partial charge in [0.1, 0.15) is 5.82 Å². The number of hydrogen-bond acceptors (Lipinski definition) is 3. The number of nitrogens with two attached hydrogens (primary N) is 1. The molecule has 0 spiro atoms. The topological polar surface area (TPSA) is 47.3 Å². The summed E-state index contributed by atoms with van der Waals surface area (Å²) < 4.78 is 19.2. The normalized spacial score (nSPS) is 22.2. The Kier molecular flexibility index (Phi) is 4.30. The van der Waals surface area contributed by atoms with Gasteiger partial charge in [-0.25, -0.2) is 4.39 Å². The first-order valence-electron chi connectivity index (χ1n) is 7.04. The molecule has 19 heavy (non-hydrogen) atoms. The number of halogens is 1. The zero-order chi connectivity index (χ0) is 13.9. The highest BCUT2D eigenvalue weighted by Crippen LogP contribution is 2.33. The van der Waals surface area contributed by atoms with Crippen molar-refractivity contribution in [2.45, 2.75) is 51.2 Å². The van der Waals surface area contributed by atoms with Crippen molar-refractivity contribution in [2.75, 3.05) is 17.7 Å². The molecule has 1 aromatic rings. The minimum Gasteiger partial charge on any atom is -0.397 e. The van der Waals surface area contributed by atoms with E-state index in [1.54, 1.807) is 6.07 Å². The lowest BCUT2D eigenvalue weighted by molar-refractivity contribution is -0.0864. The second-order valence-electron chi connectivity index (χ2n) is 5.30. The summed E-state index contributed by atoms with van der Waals surface area (Å²) in [5, 5.41) is 3.37. The van der Waals surface area contributed by atoms with E-state index in [2.05, 4.69) is 19.2 Å². The van der Waals surface area contributed by atoms with Gasteiger partial charge in [0.15, 0.2) is 0 Å². The molecule has 1 saturated heterocycles. The van der Waals surface area contributed by atoms with Gasteiger partial charge in [0, 0.05) is 12.6 Å². The summed E-state index contributed by atoms with van der Waals surface area (Å²) in [6, 6.07) is 4.74. The Morgan fingerprint density at radius 2 is 2.16 bits per heavy atom. The molecule has 0 aliphatic carbocycles. The molecular formula is C15H23FN2O. The van der Waals surface area contributed by atoms with Crippen LogP contribution in [0.1, 0.15) is 39.5 Å². The van der Waals surface area contributed by atoms with Crippen LogP contribution in [0.15, 0.2) is 18.2 Å². The molecule has 1 aliphatic heterocycles. The van der Waals surface area contributed by atoms with Crippen molar-refractivity contribution in [2.24, 2.45) is 0 Å². The number of nitrogen functional groups attached to an aromatic ring is 1. The van der Waals surface area contributed by atoms with Gasteiger partial charge in [-0.1, -0.05) is 13.8 Å². The maximum Gasteiger partial charge on any atom is 0.125 e. The Morgan fingerprint density at radius 3 is 2.84 bits per heavy atom. The molecule has 0 bridgehead atoms. The summed E-state index contributed by atoms with van der Waals surface area (Å²) in [6.07, 6.45) is 3.87. The monoisotopic (exact) mass is 266 g/mol. The van der Waals surface area contributed by atoms with E-state index < -0.39 is 0 Å². The standard InChI is InChI=1S/C15H23FN2O/c1-3-15(4-2)10-12(7-8-19-15)18-14-9-11(16)5-6-13(14)17/h5-6,9,12,18H,3-4,7-8,10,17H2,1-2H3. The predicted molar refractivity (Wildman–Crippen MR) is 76.7 cm³/mol. The average Bonchev–Trinajstić information content (AvgIpc) is 2.43. The summed E-state index contributed by atoms with van der Waals surface area (Å²) in [4.78, 5) is 0. The van der Waals surface area contributed by atoms with E-state index in [1.807, 2.05) is 0 Å². The maximum atomic E-state index is 13.3. The Labute approximate surface area is 114 Å². The third-order valence-corrected chi connectivity index (χ3v) is 4.16. The number of ether oxygens (including phenoxy) is 1. The molecule has 2 rings (SSSR count). The SMILES string of the molecule is CCC1(CC)CC(Nc2cc(F)ccc2N)CCO1. The molecular weight excluding hydrogens is 243 g/mol. The molecule has 3 nitrogen and oxygen atoms in total. The number of rotatable bonds is 4. The van der Waals surface area contributed by atoms with E-state index in [9.17, 15) is 4.39 Å². The second-order valence-corrected chi connectivity index (χ2v) is 5.30. The van der Waals surface area contributed by atoms with Crippen molar-refractivity contribution in [1.29, 1.82) is 0 Å². The van der Waals surface area contributed by atoms with E-state index in [0.717, 1.165) is 32.3 Å². The zero-order valence-corrected chi connectivity index (χ0v) is 11.7. The van der Waals surface area contributed by atoms with E-state index in [0.29, 0.717) is 11.4 Å². The van der Waals surface area contributed by atoms with Gasteiger partial charge < -0.3 is 15.8 Å². The first-order valence-corrected chi connectivity index (χ1v) is 7.04. The summed E-state index contributed by atoms with van der Waals surface area (Å²) in [5.74, 6) is -0.263. The lowest BCUT2D eigenvalue weighted by Gasteiger charge is -2.40. The van der Waals surface area contributed by atoms with Crippen molar-refractivity contribution >= 4 is 11.4 Å². The van der Waals surface area contributed by atoms with Crippen LogP contribution in [-0.4, -0.2) is 18.2 Å². The summed E-state index contributed by atoms with van der Waals surface area (Å²) in [6.45, 7) is 5.05. The molecule has 1 unspecified atom stereocenters. The molecule has 1 aliphatic rings. The Hall–Kier alpha value is -1.29. The highest BCUT2D eigenvalue weighted by molar-refractivity contribution is 5.66. The second kappa shape index (κ2) is 5.78.